The summed E-state index contributed by atoms with van der Waals surface area (Å²) in [6.07, 6.45) is -0.522. The molecule has 1 aliphatic rings. The topological polar surface area (TPSA) is 86.8 Å². The van der Waals surface area contributed by atoms with Crippen LogP contribution in [0.4, 0.5) is 0 Å². The maximum Gasteiger partial charge on any atom is 0.349 e. The fourth-order valence-corrected chi connectivity index (χ4v) is 3.30. The summed E-state index contributed by atoms with van der Waals surface area (Å²) >= 11 is 0. The van der Waals surface area contributed by atoms with E-state index in [1.165, 1.54) is 4.90 Å². The molecule has 0 unspecified atom stereocenters. The fraction of sp³-hybridized carbons (Fsp3) is 0.350. The molecule has 0 atom stereocenters. The molecule has 0 saturated carbocycles. The molecule has 1 amide bonds. The van der Waals surface area contributed by atoms with Crippen LogP contribution in [0.5, 0.6) is 0 Å². The summed E-state index contributed by atoms with van der Waals surface area (Å²) in [4.78, 5) is 27.2. The molecule has 0 bridgehead atoms. The van der Waals surface area contributed by atoms with Gasteiger partial charge in [-0.15, -0.1) is 0 Å². The molecule has 4 rings (SSSR count). The Morgan fingerprint density at radius 1 is 1.25 bits per heavy atom. The van der Waals surface area contributed by atoms with E-state index in [1.54, 1.807) is 28.9 Å². The Kier molecular flexibility index (Phi) is 4.97. The lowest BCUT2D eigenvalue weighted by Crippen LogP contribution is -2.39. The van der Waals surface area contributed by atoms with Crippen molar-refractivity contribution in [3.8, 4) is 0 Å². The molecule has 146 valence electrons. The Balaban J connectivity index is 1.68. The molecule has 0 N–H and O–H groups in total. The summed E-state index contributed by atoms with van der Waals surface area (Å²) in [5, 5.41) is 5.01. The third-order valence-corrected chi connectivity index (χ3v) is 4.67. The van der Waals surface area contributed by atoms with Gasteiger partial charge in [0.15, 0.2) is 6.29 Å². The van der Waals surface area contributed by atoms with E-state index in [2.05, 4.69) is 5.10 Å². The average molecular weight is 383 g/mol. The quantitative estimate of drug-likeness (QED) is 0.625. The second-order valence-electron chi connectivity index (χ2n) is 6.74. The van der Waals surface area contributed by atoms with Gasteiger partial charge in [-0.05, 0) is 25.1 Å². The Hall–Kier alpha value is -2.97. The van der Waals surface area contributed by atoms with Crippen LogP contribution in [0.1, 0.15) is 21.7 Å². The van der Waals surface area contributed by atoms with Crippen LogP contribution in [0.25, 0.3) is 11.0 Å². The van der Waals surface area contributed by atoms with Crippen LogP contribution in [0.2, 0.25) is 0 Å². The highest BCUT2D eigenvalue weighted by molar-refractivity contribution is 5.96. The van der Waals surface area contributed by atoms with Crippen molar-refractivity contribution in [2.75, 3.05) is 19.8 Å². The molecule has 8 heteroatoms. The predicted molar refractivity (Wildman–Crippen MR) is 101 cm³/mol. The smallest absolute Gasteiger partial charge is 0.349 e. The van der Waals surface area contributed by atoms with Gasteiger partial charge in [-0.25, -0.2) is 4.79 Å². The second-order valence-corrected chi connectivity index (χ2v) is 6.74. The van der Waals surface area contributed by atoms with E-state index in [9.17, 15) is 9.59 Å². The normalized spacial score (nSPS) is 14.6. The maximum atomic E-state index is 13.2. The lowest BCUT2D eigenvalue weighted by atomic mass is 10.1. The molecule has 1 fully saturated rings. The Morgan fingerprint density at radius 3 is 2.71 bits per heavy atom. The van der Waals surface area contributed by atoms with E-state index in [0.29, 0.717) is 24.2 Å². The SMILES string of the molecule is Cc1cc(CN(CC2OCCO2)C(=O)c2cc3ccccc3oc2=O)n(C)n1. The highest BCUT2D eigenvalue weighted by Gasteiger charge is 2.27. The number of carbonyl (C=O) groups excluding carboxylic acids is 1. The summed E-state index contributed by atoms with van der Waals surface area (Å²) in [6, 6.07) is 10.6. The number of fused-ring (bicyclic) bond motifs is 1. The summed E-state index contributed by atoms with van der Waals surface area (Å²) in [5.41, 5.74) is 1.46. The number of hydrogen-bond acceptors (Lipinski definition) is 6. The minimum absolute atomic E-state index is 0.0180. The minimum Gasteiger partial charge on any atom is -0.422 e. The molecule has 0 aliphatic carbocycles. The standard InChI is InChI=1S/C20H21N3O5/c1-13-9-15(22(2)21-13)11-23(12-18-26-7-8-27-18)19(24)16-10-14-5-3-4-6-17(14)28-20(16)25/h3-6,9-10,18H,7-8,11-12H2,1-2H3. The summed E-state index contributed by atoms with van der Waals surface area (Å²) < 4.78 is 18.1. The van der Waals surface area contributed by atoms with E-state index in [1.807, 2.05) is 26.1 Å². The highest BCUT2D eigenvalue weighted by Crippen LogP contribution is 2.17. The first kappa shape index (κ1) is 18.4. The number of carbonyl (C=O) groups is 1. The number of nitrogens with zero attached hydrogens (tertiary/aromatic N) is 3. The highest BCUT2D eigenvalue weighted by atomic mass is 16.7. The molecule has 1 aliphatic heterocycles. The van der Waals surface area contributed by atoms with Gasteiger partial charge in [0.25, 0.3) is 5.91 Å². The molecule has 1 aromatic carbocycles. The zero-order valence-electron chi connectivity index (χ0n) is 15.8. The van der Waals surface area contributed by atoms with Crippen molar-refractivity contribution in [2.45, 2.75) is 19.8 Å². The average Bonchev–Trinajstić information content (AvgIpc) is 3.29. The van der Waals surface area contributed by atoms with Gasteiger partial charge in [-0.2, -0.15) is 5.10 Å². The lowest BCUT2D eigenvalue weighted by Gasteiger charge is -2.24. The van der Waals surface area contributed by atoms with Crippen LogP contribution in [0.15, 0.2) is 45.6 Å². The molecule has 0 radical (unpaired) electrons. The van der Waals surface area contributed by atoms with Crippen LogP contribution < -0.4 is 5.63 Å². The molecule has 28 heavy (non-hydrogen) atoms. The van der Waals surface area contributed by atoms with Crippen LogP contribution in [-0.4, -0.2) is 46.6 Å². The number of benzene rings is 1. The van der Waals surface area contributed by atoms with E-state index >= 15 is 0 Å². The number of amides is 1. The molecular formula is C20H21N3O5. The van der Waals surface area contributed by atoms with Gasteiger partial charge in [-0.1, -0.05) is 18.2 Å². The zero-order valence-corrected chi connectivity index (χ0v) is 15.8. The summed E-state index contributed by atoms with van der Waals surface area (Å²) in [5.74, 6) is -0.433. The van der Waals surface area contributed by atoms with Crippen molar-refractivity contribution in [3.05, 3.63) is 63.8 Å². The Bertz CT molecular complexity index is 1070. The molecule has 8 nitrogen and oxygen atoms in total. The first-order valence-corrected chi connectivity index (χ1v) is 9.06. The monoisotopic (exact) mass is 383 g/mol. The molecular weight excluding hydrogens is 362 g/mol. The predicted octanol–water partition coefficient (Wildman–Crippen LogP) is 1.85. The van der Waals surface area contributed by atoms with Crippen LogP contribution in [0, 0.1) is 6.92 Å². The number of aromatic nitrogens is 2. The first-order valence-electron chi connectivity index (χ1n) is 9.06. The van der Waals surface area contributed by atoms with Crippen LogP contribution in [0.3, 0.4) is 0 Å². The molecule has 1 saturated heterocycles. The van der Waals surface area contributed by atoms with Crippen LogP contribution >= 0.6 is 0 Å². The van der Waals surface area contributed by atoms with Crippen molar-refractivity contribution in [1.29, 1.82) is 0 Å². The number of hydrogen-bond donors (Lipinski definition) is 0. The number of ether oxygens (including phenoxy) is 2. The molecule has 3 heterocycles. The minimum atomic E-state index is -0.664. The molecule has 2 aromatic heterocycles. The van der Waals surface area contributed by atoms with Gasteiger partial charge >= 0.3 is 5.63 Å². The van der Waals surface area contributed by atoms with Gasteiger partial charge in [-0.3, -0.25) is 9.48 Å². The fourth-order valence-electron chi connectivity index (χ4n) is 3.30. The van der Waals surface area contributed by atoms with Crippen LogP contribution in [-0.2, 0) is 23.1 Å². The third-order valence-electron chi connectivity index (χ3n) is 4.67. The van der Waals surface area contributed by atoms with Gasteiger partial charge in [0.05, 0.1) is 37.7 Å². The number of para-hydroxylation sites is 1. The van der Waals surface area contributed by atoms with Gasteiger partial charge in [0.2, 0.25) is 0 Å². The lowest BCUT2D eigenvalue weighted by molar-refractivity contribution is -0.0587. The number of rotatable bonds is 5. The summed E-state index contributed by atoms with van der Waals surface area (Å²) in [6.45, 7) is 3.32. The van der Waals surface area contributed by atoms with Crippen molar-refractivity contribution in [2.24, 2.45) is 7.05 Å². The van der Waals surface area contributed by atoms with E-state index in [4.69, 9.17) is 13.9 Å². The Morgan fingerprint density at radius 2 is 2.00 bits per heavy atom. The maximum absolute atomic E-state index is 13.2. The molecule has 3 aromatic rings. The van der Waals surface area contributed by atoms with E-state index < -0.39 is 17.8 Å². The largest absolute Gasteiger partial charge is 0.422 e. The van der Waals surface area contributed by atoms with Gasteiger partial charge in [0.1, 0.15) is 11.1 Å². The van der Waals surface area contributed by atoms with Crippen molar-refractivity contribution < 1.29 is 18.7 Å². The van der Waals surface area contributed by atoms with Gasteiger partial charge in [0, 0.05) is 12.4 Å². The molecule has 0 spiro atoms. The Labute approximate surface area is 161 Å². The van der Waals surface area contributed by atoms with Gasteiger partial charge < -0.3 is 18.8 Å². The summed E-state index contributed by atoms with van der Waals surface area (Å²) in [7, 11) is 1.82. The number of aryl methyl sites for hydroxylation is 2. The van der Waals surface area contributed by atoms with Crippen molar-refractivity contribution >= 4 is 16.9 Å². The second kappa shape index (κ2) is 7.57. The third kappa shape index (κ3) is 3.69. The van der Waals surface area contributed by atoms with Crippen molar-refractivity contribution in [1.82, 2.24) is 14.7 Å². The van der Waals surface area contributed by atoms with E-state index in [-0.39, 0.29) is 18.7 Å². The van der Waals surface area contributed by atoms with Crippen molar-refractivity contribution in [3.63, 3.8) is 0 Å². The first-order chi connectivity index (χ1) is 13.5. The zero-order chi connectivity index (χ0) is 19.7. The van der Waals surface area contributed by atoms with E-state index in [0.717, 1.165) is 11.4 Å².